The Balaban J connectivity index is 1.48. The number of nitro benzene ring substituents is 1. The Morgan fingerprint density at radius 3 is 2.68 bits per heavy atom. The minimum Gasteiger partial charge on any atom is -0.457 e. The summed E-state index contributed by atoms with van der Waals surface area (Å²) in [6, 6.07) is 10.8. The van der Waals surface area contributed by atoms with Crippen LogP contribution in [0.15, 0.2) is 54.7 Å². The molecular formula is C24H17F2N7O4. The molecule has 0 bridgehead atoms. The van der Waals surface area contributed by atoms with Crippen molar-refractivity contribution in [3.63, 3.8) is 0 Å². The summed E-state index contributed by atoms with van der Waals surface area (Å²) in [7, 11) is 0. The monoisotopic (exact) mass is 505 g/mol. The number of benzene rings is 2. The lowest BCUT2D eigenvalue weighted by atomic mass is 10.0. The van der Waals surface area contributed by atoms with E-state index in [0.29, 0.717) is 5.82 Å². The van der Waals surface area contributed by atoms with Crippen LogP contribution in [0.3, 0.4) is 0 Å². The first-order valence-electron chi connectivity index (χ1n) is 11.0. The third kappa shape index (κ3) is 4.36. The van der Waals surface area contributed by atoms with Crippen molar-refractivity contribution in [1.29, 1.82) is 5.26 Å². The van der Waals surface area contributed by atoms with Gasteiger partial charge in [0, 0.05) is 30.3 Å². The molecule has 5 rings (SSSR count). The summed E-state index contributed by atoms with van der Waals surface area (Å²) in [5.41, 5.74) is 6.01. The van der Waals surface area contributed by atoms with E-state index in [1.807, 2.05) is 6.07 Å². The summed E-state index contributed by atoms with van der Waals surface area (Å²) in [5, 5.41) is 24.3. The lowest BCUT2D eigenvalue weighted by Gasteiger charge is -2.26. The van der Waals surface area contributed by atoms with Gasteiger partial charge in [0.05, 0.1) is 23.1 Å². The fraction of sp³-hybridized carbons (Fsp3) is 0.167. The van der Waals surface area contributed by atoms with E-state index in [4.69, 9.17) is 10.5 Å². The molecule has 186 valence electrons. The van der Waals surface area contributed by atoms with E-state index in [1.165, 1.54) is 35.0 Å². The molecule has 13 heteroatoms. The number of nitrogens with zero attached hydrogens (tertiary/aromatic N) is 6. The van der Waals surface area contributed by atoms with E-state index >= 15 is 0 Å². The molecule has 0 spiro atoms. The second-order valence-electron chi connectivity index (χ2n) is 8.33. The van der Waals surface area contributed by atoms with Gasteiger partial charge in [0.1, 0.15) is 35.2 Å². The van der Waals surface area contributed by atoms with Gasteiger partial charge < -0.3 is 15.4 Å². The number of ether oxygens (including phenoxy) is 1. The van der Waals surface area contributed by atoms with Crippen molar-refractivity contribution in [2.75, 3.05) is 17.2 Å². The Morgan fingerprint density at radius 2 is 1.97 bits per heavy atom. The molecule has 37 heavy (non-hydrogen) atoms. The summed E-state index contributed by atoms with van der Waals surface area (Å²) in [6.45, 7) is 0.0774. The molecular weight excluding hydrogens is 488 g/mol. The van der Waals surface area contributed by atoms with Gasteiger partial charge in [-0.05, 0) is 36.4 Å². The summed E-state index contributed by atoms with van der Waals surface area (Å²) >= 11 is 0. The van der Waals surface area contributed by atoms with Gasteiger partial charge >= 0.3 is 5.97 Å². The Kier molecular flexibility index (Phi) is 5.84. The third-order valence-corrected chi connectivity index (χ3v) is 6.07. The molecule has 2 atom stereocenters. The smallest absolute Gasteiger partial charge is 0.338 e. The van der Waals surface area contributed by atoms with Crippen LogP contribution >= 0.6 is 0 Å². The standard InChI is InChI=1S/C24H17F2N7O4/c25-14-3-6-19(26)17(9-14)20-10-16(37-24(34)13-1-4-15(5-2-13)33(35)36)12-31(20)21-7-8-32-23(29-21)18(11-27)22(28)30-32/h1-9,16,20H,10,12H2,(H2,28,30). The first-order chi connectivity index (χ1) is 17.7. The van der Waals surface area contributed by atoms with Crippen LogP contribution in [0.2, 0.25) is 0 Å². The molecule has 0 amide bonds. The molecule has 3 heterocycles. The van der Waals surface area contributed by atoms with Crippen molar-refractivity contribution in [3.8, 4) is 6.07 Å². The summed E-state index contributed by atoms with van der Waals surface area (Å²) in [4.78, 5) is 29.1. The second kappa shape index (κ2) is 9.15. The van der Waals surface area contributed by atoms with Crippen LogP contribution in [0.1, 0.15) is 33.9 Å². The van der Waals surface area contributed by atoms with Crippen LogP contribution in [0.4, 0.5) is 26.1 Å². The van der Waals surface area contributed by atoms with Gasteiger partial charge in [-0.15, -0.1) is 5.10 Å². The highest BCUT2D eigenvalue weighted by Crippen LogP contribution is 2.38. The highest BCUT2D eigenvalue weighted by atomic mass is 19.1. The van der Waals surface area contributed by atoms with E-state index in [2.05, 4.69) is 10.1 Å². The number of carbonyl (C=O) groups is 1. The topological polar surface area (TPSA) is 153 Å². The number of fused-ring (bicyclic) bond motifs is 1. The lowest BCUT2D eigenvalue weighted by Crippen LogP contribution is -2.27. The zero-order valence-electron chi connectivity index (χ0n) is 18.9. The van der Waals surface area contributed by atoms with Gasteiger partial charge in [0.25, 0.3) is 5.69 Å². The van der Waals surface area contributed by atoms with Crippen molar-refractivity contribution < 1.29 is 23.2 Å². The van der Waals surface area contributed by atoms with E-state index in [1.54, 1.807) is 11.0 Å². The number of nitriles is 1. The highest BCUT2D eigenvalue weighted by Gasteiger charge is 2.38. The zero-order valence-corrected chi connectivity index (χ0v) is 18.9. The van der Waals surface area contributed by atoms with Gasteiger partial charge in [-0.3, -0.25) is 10.1 Å². The minimum atomic E-state index is -0.758. The average Bonchev–Trinajstić information content (AvgIpc) is 3.44. The van der Waals surface area contributed by atoms with Crippen molar-refractivity contribution >= 4 is 28.9 Å². The van der Waals surface area contributed by atoms with Gasteiger partial charge in [-0.25, -0.2) is 23.1 Å². The van der Waals surface area contributed by atoms with E-state index in [9.17, 15) is 29.0 Å². The molecule has 1 fully saturated rings. The first-order valence-corrected chi connectivity index (χ1v) is 11.0. The van der Waals surface area contributed by atoms with Crippen LogP contribution in [0.25, 0.3) is 5.65 Å². The molecule has 1 saturated heterocycles. The number of hydrogen-bond acceptors (Lipinski definition) is 9. The number of halogens is 2. The number of anilines is 2. The molecule has 1 aliphatic rings. The van der Waals surface area contributed by atoms with Crippen molar-refractivity contribution in [3.05, 3.63) is 93.2 Å². The van der Waals surface area contributed by atoms with E-state index in [0.717, 1.165) is 18.2 Å². The second-order valence-corrected chi connectivity index (χ2v) is 8.33. The van der Waals surface area contributed by atoms with Gasteiger partial charge in [0.15, 0.2) is 11.5 Å². The molecule has 11 nitrogen and oxygen atoms in total. The maximum atomic E-state index is 14.8. The Labute approximate surface area is 207 Å². The fourth-order valence-corrected chi connectivity index (χ4v) is 4.34. The molecule has 2 unspecified atom stereocenters. The number of carbonyl (C=O) groups excluding carboxylic acids is 1. The Hall–Kier alpha value is -5.12. The van der Waals surface area contributed by atoms with Crippen molar-refractivity contribution in [1.82, 2.24) is 14.6 Å². The highest BCUT2D eigenvalue weighted by molar-refractivity contribution is 5.89. The van der Waals surface area contributed by atoms with Crippen LogP contribution in [-0.2, 0) is 4.74 Å². The Bertz CT molecular complexity index is 1580. The molecule has 1 aliphatic heterocycles. The van der Waals surface area contributed by atoms with Gasteiger partial charge in [-0.1, -0.05) is 0 Å². The van der Waals surface area contributed by atoms with Gasteiger partial charge in [-0.2, -0.15) is 5.26 Å². The predicted molar refractivity (Wildman–Crippen MR) is 125 cm³/mol. The molecule has 4 aromatic rings. The van der Waals surface area contributed by atoms with E-state index < -0.39 is 34.7 Å². The predicted octanol–water partition coefficient (Wildman–Crippen LogP) is 3.55. The summed E-state index contributed by atoms with van der Waals surface area (Å²) < 4.78 is 35.8. The van der Waals surface area contributed by atoms with Crippen LogP contribution in [-0.4, -0.2) is 38.1 Å². The van der Waals surface area contributed by atoms with Crippen molar-refractivity contribution in [2.45, 2.75) is 18.6 Å². The normalized spacial score (nSPS) is 17.1. The SMILES string of the molecule is N#Cc1c(N)nn2ccc(N3CC(OC(=O)c4ccc([N+](=O)[O-])cc4)CC3c3cc(F)ccc3F)nc12. The maximum absolute atomic E-state index is 14.8. The molecule has 0 radical (unpaired) electrons. The van der Waals surface area contributed by atoms with Crippen LogP contribution < -0.4 is 10.6 Å². The number of aromatic nitrogens is 3. The number of nitrogen functional groups attached to an aromatic ring is 1. The number of nitro groups is 1. The minimum absolute atomic E-state index is 0.00352. The maximum Gasteiger partial charge on any atom is 0.338 e. The van der Waals surface area contributed by atoms with Crippen LogP contribution in [0.5, 0.6) is 0 Å². The van der Waals surface area contributed by atoms with Crippen LogP contribution in [0, 0.1) is 33.1 Å². The molecule has 0 saturated carbocycles. The quantitative estimate of drug-likeness (QED) is 0.244. The zero-order chi connectivity index (χ0) is 26.3. The summed E-state index contributed by atoms with van der Waals surface area (Å²) in [6.07, 6.45) is 0.890. The molecule has 2 aromatic heterocycles. The number of rotatable bonds is 5. The lowest BCUT2D eigenvalue weighted by molar-refractivity contribution is -0.384. The number of nitrogens with two attached hydrogens (primary N) is 1. The molecule has 2 N–H and O–H groups in total. The number of non-ortho nitro benzene ring substituents is 1. The number of hydrogen-bond donors (Lipinski definition) is 1. The summed E-state index contributed by atoms with van der Waals surface area (Å²) in [5.74, 6) is -1.70. The average molecular weight is 505 g/mol. The van der Waals surface area contributed by atoms with Crippen molar-refractivity contribution in [2.24, 2.45) is 0 Å². The van der Waals surface area contributed by atoms with Gasteiger partial charge in [0.2, 0.25) is 0 Å². The fourth-order valence-electron chi connectivity index (χ4n) is 4.34. The number of esters is 1. The molecule has 0 aliphatic carbocycles. The largest absolute Gasteiger partial charge is 0.457 e. The molecule has 2 aromatic carbocycles. The van der Waals surface area contributed by atoms with E-state index in [-0.39, 0.29) is 46.8 Å². The third-order valence-electron chi connectivity index (χ3n) is 6.07. The Morgan fingerprint density at radius 1 is 1.22 bits per heavy atom. The first kappa shape index (κ1) is 23.6.